The number of nitrogens with zero attached hydrogens (tertiary/aromatic N) is 3. The van der Waals surface area contributed by atoms with Gasteiger partial charge in [0.05, 0.1) is 13.2 Å². The van der Waals surface area contributed by atoms with Crippen molar-refractivity contribution in [1.29, 1.82) is 0 Å². The smallest absolute Gasteiger partial charge is 0.443 e. The van der Waals surface area contributed by atoms with Crippen LogP contribution in [0.4, 0.5) is 4.79 Å². The van der Waals surface area contributed by atoms with Crippen LogP contribution < -0.4 is 4.74 Å². The lowest BCUT2D eigenvalue weighted by molar-refractivity contribution is -0.144. The molecule has 2 rings (SSSR count). The highest BCUT2D eigenvalue weighted by Gasteiger charge is 2.41. The van der Waals surface area contributed by atoms with Gasteiger partial charge in [0.2, 0.25) is 5.88 Å². The van der Waals surface area contributed by atoms with Gasteiger partial charge in [-0.15, -0.1) is 4.36 Å². The van der Waals surface area contributed by atoms with E-state index in [1.807, 2.05) is 0 Å². The number of amides is 1. The van der Waals surface area contributed by atoms with E-state index in [0.717, 1.165) is 6.29 Å². The number of aldehydes is 1. The molecule has 0 N–H and O–H groups in total. The fourth-order valence-corrected chi connectivity index (χ4v) is 5.55. The number of methoxy groups -OCH3 is 1. The van der Waals surface area contributed by atoms with E-state index in [2.05, 4.69) is 9.35 Å². The van der Waals surface area contributed by atoms with Gasteiger partial charge >= 0.3 is 12.1 Å². The van der Waals surface area contributed by atoms with E-state index >= 15 is 0 Å². The van der Waals surface area contributed by atoms with Crippen LogP contribution in [0.1, 0.15) is 59.1 Å². The Labute approximate surface area is 195 Å². The number of hydrogen-bond donors (Lipinski definition) is 0. The molecule has 33 heavy (non-hydrogen) atoms. The van der Waals surface area contributed by atoms with Crippen LogP contribution in [0.2, 0.25) is 0 Å². The standard InChI is InChI=1S/C22H33N3O7S/c1-15-11-12-18(19(23-15)31-16(2)9-8-14-26)33(29,24-21(28)32-22(3,4)5)25-13-7-10-17(25)20(27)30-6/h11-12,14,16-17H,7-10,13H2,1-6H3/t16-,17+,33+/m1/s1. The molecular formula is C22H33N3O7S. The molecule has 11 heteroatoms. The van der Waals surface area contributed by atoms with Crippen molar-refractivity contribution in [2.24, 2.45) is 4.36 Å². The van der Waals surface area contributed by atoms with Gasteiger partial charge in [-0.25, -0.2) is 14.0 Å². The summed E-state index contributed by atoms with van der Waals surface area (Å²) in [7, 11) is -2.46. The van der Waals surface area contributed by atoms with Gasteiger partial charge in [0.15, 0.2) is 9.92 Å². The van der Waals surface area contributed by atoms with Crippen molar-refractivity contribution in [2.75, 3.05) is 13.7 Å². The molecule has 1 aliphatic heterocycles. The SMILES string of the molecule is COC(=O)[C@@H]1CCCN1[S@@](=O)(=NC(=O)OC(C)(C)C)c1ccc(C)nc1O[C@H](C)CCC=O. The normalized spacial score (nSPS) is 19.3. The van der Waals surface area contributed by atoms with Gasteiger partial charge < -0.3 is 19.0 Å². The van der Waals surface area contributed by atoms with Crippen molar-refractivity contribution in [3.63, 3.8) is 0 Å². The van der Waals surface area contributed by atoms with Crippen LogP contribution in [-0.2, 0) is 29.0 Å². The van der Waals surface area contributed by atoms with Gasteiger partial charge in [-0.3, -0.25) is 4.79 Å². The minimum atomic E-state index is -3.71. The summed E-state index contributed by atoms with van der Waals surface area (Å²) in [5.41, 5.74) is -0.261. The van der Waals surface area contributed by atoms with Crippen LogP contribution in [0.3, 0.4) is 0 Å². The van der Waals surface area contributed by atoms with Crippen LogP contribution >= 0.6 is 0 Å². The van der Waals surface area contributed by atoms with Gasteiger partial charge in [0.25, 0.3) is 0 Å². The summed E-state index contributed by atoms with van der Waals surface area (Å²) < 4.78 is 36.0. The largest absolute Gasteiger partial charge is 0.474 e. The minimum absolute atomic E-state index is 0.0289. The Bertz CT molecular complexity index is 996. The first-order chi connectivity index (χ1) is 15.4. The summed E-state index contributed by atoms with van der Waals surface area (Å²) >= 11 is 0. The summed E-state index contributed by atoms with van der Waals surface area (Å²) in [6.45, 7) is 8.77. The van der Waals surface area contributed by atoms with E-state index in [1.165, 1.54) is 17.5 Å². The molecule has 0 aliphatic carbocycles. The van der Waals surface area contributed by atoms with Crippen LogP contribution in [0.25, 0.3) is 0 Å². The lowest BCUT2D eigenvalue weighted by atomic mass is 10.2. The predicted octanol–water partition coefficient (Wildman–Crippen LogP) is 3.45. The maximum atomic E-state index is 14.5. The van der Waals surface area contributed by atoms with Crippen molar-refractivity contribution in [1.82, 2.24) is 9.29 Å². The maximum absolute atomic E-state index is 14.5. The number of pyridine rings is 1. The van der Waals surface area contributed by atoms with E-state index in [4.69, 9.17) is 14.2 Å². The Balaban J connectivity index is 2.66. The number of carbonyl (C=O) groups is 3. The Morgan fingerprint density at radius 1 is 1.36 bits per heavy atom. The van der Waals surface area contributed by atoms with Gasteiger partial charge in [0, 0.05) is 18.7 Å². The van der Waals surface area contributed by atoms with Crippen molar-refractivity contribution in [2.45, 2.75) is 82.9 Å². The molecule has 1 amide bonds. The number of hydrogen-bond acceptors (Lipinski definition) is 8. The summed E-state index contributed by atoms with van der Waals surface area (Å²) in [5.74, 6) is -0.539. The fourth-order valence-electron chi connectivity index (χ4n) is 3.38. The Morgan fingerprint density at radius 3 is 2.67 bits per heavy atom. The van der Waals surface area contributed by atoms with E-state index in [1.54, 1.807) is 40.7 Å². The molecule has 10 nitrogen and oxygen atoms in total. The molecule has 0 radical (unpaired) electrons. The third-order valence-corrected chi connectivity index (χ3v) is 7.19. The van der Waals surface area contributed by atoms with E-state index < -0.39 is 39.7 Å². The van der Waals surface area contributed by atoms with Gasteiger partial charge in [-0.05, 0) is 66.0 Å². The molecule has 1 fully saturated rings. The predicted molar refractivity (Wildman–Crippen MR) is 121 cm³/mol. The number of carbonyl (C=O) groups excluding carboxylic acids is 3. The molecule has 0 unspecified atom stereocenters. The van der Waals surface area contributed by atoms with E-state index in [9.17, 15) is 18.6 Å². The lowest BCUT2D eigenvalue weighted by Crippen LogP contribution is -2.41. The first kappa shape index (κ1) is 26.7. The second kappa shape index (κ2) is 11.1. The first-order valence-corrected chi connectivity index (χ1v) is 12.3. The topological polar surface area (TPSA) is 124 Å². The number of ether oxygens (including phenoxy) is 3. The summed E-state index contributed by atoms with van der Waals surface area (Å²) in [6.07, 6.45) is 1.03. The zero-order valence-corrected chi connectivity index (χ0v) is 20.8. The van der Waals surface area contributed by atoms with Crippen molar-refractivity contribution >= 4 is 28.3 Å². The second-order valence-corrected chi connectivity index (χ2v) is 10.9. The summed E-state index contributed by atoms with van der Waals surface area (Å²) in [6, 6.07) is 2.31. The van der Waals surface area contributed by atoms with Crippen molar-refractivity contribution in [3.05, 3.63) is 17.8 Å². The molecule has 0 aromatic carbocycles. The third-order valence-electron chi connectivity index (χ3n) is 4.84. The Hall–Kier alpha value is -2.53. The molecule has 2 heterocycles. The molecule has 3 atom stereocenters. The first-order valence-electron chi connectivity index (χ1n) is 10.8. The van der Waals surface area contributed by atoms with Crippen LogP contribution in [0.15, 0.2) is 21.4 Å². The third kappa shape index (κ3) is 6.97. The molecule has 0 spiro atoms. The highest BCUT2D eigenvalue weighted by Crippen LogP contribution is 2.34. The van der Waals surface area contributed by atoms with Crippen molar-refractivity contribution in [3.8, 4) is 5.88 Å². The monoisotopic (exact) mass is 483 g/mol. The molecule has 0 bridgehead atoms. The molecule has 1 aliphatic rings. The zero-order chi connectivity index (χ0) is 24.8. The summed E-state index contributed by atoms with van der Waals surface area (Å²) in [5, 5.41) is 0. The Kier molecular flexibility index (Phi) is 8.96. The average Bonchev–Trinajstić information content (AvgIpc) is 3.20. The van der Waals surface area contributed by atoms with Gasteiger partial charge in [0.1, 0.15) is 22.8 Å². The minimum Gasteiger partial charge on any atom is -0.474 e. The summed E-state index contributed by atoms with van der Waals surface area (Å²) in [4.78, 5) is 40.3. The van der Waals surface area contributed by atoms with E-state index in [-0.39, 0.29) is 23.7 Å². The molecule has 1 saturated heterocycles. The maximum Gasteiger partial charge on any atom is 0.443 e. The molecule has 184 valence electrons. The van der Waals surface area contributed by atoms with Crippen LogP contribution in [0, 0.1) is 6.92 Å². The number of rotatable bonds is 8. The van der Waals surface area contributed by atoms with Gasteiger partial charge in [-0.1, -0.05) is 0 Å². The fraction of sp³-hybridized carbons (Fsp3) is 0.636. The second-order valence-electron chi connectivity index (χ2n) is 8.82. The number of aromatic nitrogens is 1. The average molecular weight is 484 g/mol. The molecule has 0 saturated carbocycles. The zero-order valence-electron chi connectivity index (χ0n) is 20.0. The Morgan fingerprint density at radius 2 is 2.06 bits per heavy atom. The molecule has 1 aromatic rings. The van der Waals surface area contributed by atoms with Crippen molar-refractivity contribution < 1.29 is 32.8 Å². The van der Waals surface area contributed by atoms with Crippen LogP contribution in [0.5, 0.6) is 5.88 Å². The number of aryl methyl sites for hydroxylation is 1. The van der Waals surface area contributed by atoms with Gasteiger partial charge in [-0.2, -0.15) is 4.31 Å². The van der Waals surface area contributed by atoms with E-state index in [0.29, 0.717) is 25.0 Å². The molecular weight excluding hydrogens is 450 g/mol. The highest BCUT2D eigenvalue weighted by molar-refractivity contribution is 7.91. The lowest BCUT2D eigenvalue weighted by Gasteiger charge is -2.27. The van der Waals surface area contributed by atoms with Crippen LogP contribution in [-0.4, -0.2) is 63.2 Å². The quantitative estimate of drug-likeness (QED) is 0.407. The molecule has 1 aromatic heterocycles. The highest BCUT2D eigenvalue weighted by atomic mass is 32.2. The number of esters is 1.